The fourth-order valence-electron chi connectivity index (χ4n) is 1.57. The summed E-state index contributed by atoms with van der Waals surface area (Å²) in [5.41, 5.74) is -0.808. The van der Waals surface area contributed by atoms with Crippen molar-refractivity contribution in [3.8, 4) is 6.07 Å². The van der Waals surface area contributed by atoms with Crippen LogP contribution in [0.2, 0.25) is 0 Å². The fourth-order valence-corrected chi connectivity index (χ4v) is 2.87. The number of nitriles is 1. The Morgan fingerprint density at radius 3 is 2.40 bits per heavy atom. The van der Waals surface area contributed by atoms with E-state index in [4.69, 9.17) is 5.26 Å². The minimum Gasteiger partial charge on any atom is -0.207 e. The van der Waals surface area contributed by atoms with Crippen LogP contribution in [0.5, 0.6) is 0 Å². The van der Waals surface area contributed by atoms with Gasteiger partial charge in [0.15, 0.2) is 0 Å². The summed E-state index contributed by atoms with van der Waals surface area (Å²) in [6.07, 6.45) is -4.64. The van der Waals surface area contributed by atoms with Crippen LogP contribution in [0.4, 0.5) is 13.2 Å². The molecule has 1 aromatic rings. The summed E-state index contributed by atoms with van der Waals surface area (Å²) in [4.78, 5) is -0.426. The van der Waals surface area contributed by atoms with Gasteiger partial charge in [-0.25, -0.2) is 8.42 Å². The molecule has 0 atom stereocenters. The Balaban J connectivity index is 3.26. The van der Waals surface area contributed by atoms with Gasteiger partial charge in [0.25, 0.3) is 0 Å². The quantitative estimate of drug-likeness (QED) is 0.859. The molecular weight excluding hydrogens is 293 g/mol. The van der Waals surface area contributed by atoms with Gasteiger partial charge in [-0.05, 0) is 30.7 Å². The number of hydrogen-bond donors (Lipinski definition) is 0. The molecule has 0 aliphatic rings. The van der Waals surface area contributed by atoms with Gasteiger partial charge in [0.2, 0.25) is 10.0 Å². The van der Waals surface area contributed by atoms with Crippen LogP contribution in [0.1, 0.15) is 17.5 Å². The van der Waals surface area contributed by atoms with E-state index in [1.54, 1.807) is 6.07 Å². The average molecular weight is 306 g/mol. The molecule has 8 heteroatoms. The molecule has 110 valence electrons. The minimum atomic E-state index is -4.61. The summed E-state index contributed by atoms with van der Waals surface area (Å²) in [7, 11) is -2.81. The fraction of sp³-hybridized carbons (Fsp3) is 0.417. The molecule has 0 spiro atoms. The highest BCUT2D eigenvalue weighted by atomic mass is 32.2. The van der Waals surface area contributed by atoms with Gasteiger partial charge in [0.05, 0.1) is 16.5 Å². The van der Waals surface area contributed by atoms with E-state index in [1.165, 1.54) is 20.0 Å². The second-order valence-electron chi connectivity index (χ2n) is 4.27. The Morgan fingerprint density at radius 1 is 1.30 bits per heavy atom. The monoisotopic (exact) mass is 306 g/mol. The Kier molecular flexibility index (Phi) is 4.78. The normalized spacial score (nSPS) is 12.4. The van der Waals surface area contributed by atoms with E-state index < -0.39 is 26.7 Å². The highest BCUT2D eigenvalue weighted by Crippen LogP contribution is 2.32. The lowest BCUT2D eigenvalue weighted by Crippen LogP contribution is -2.28. The van der Waals surface area contributed by atoms with Crippen molar-refractivity contribution in [1.29, 1.82) is 5.26 Å². The van der Waals surface area contributed by atoms with Crippen LogP contribution in [-0.2, 0) is 16.2 Å². The lowest BCUT2D eigenvalue weighted by Gasteiger charge is -2.17. The third kappa shape index (κ3) is 3.71. The van der Waals surface area contributed by atoms with Gasteiger partial charge in [-0.2, -0.15) is 22.7 Å². The third-order valence-electron chi connectivity index (χ3n) is 2.62. The number of alkyl halides is 3. The minimum absolute atomic E-state index is 0.0341. The van der Waals surface area contributed by atoms with Crippen LogP contribution in [-0.4, -0.2) is 26.3 Å². The summed E-state index contributed by atoms with van der Waals surface area (Å²) < 4.78 is 63.2. The molecule has 0 amide bonds. The van der Waals surface area contributed by atoms with Crippen molar-refractivity contribution < 1.29 is 21.6 Å². The number of aryl methyl sites for hydroxylation is 1. The first kappa shape index (κ1) is 16.5. The highest BCUT2D eigenvalue weighted by Gasteiger charge is 2.32. The summed E-state index contributed by atoms with van der Waals surface area (Å²) in [5, 5.41) is 8.43. The molecule has 0 unspecified atom stereocenters. The first-order chi connectivity index (χ1) is 9.09. The van der Waals surface area contributed by atoms with Crippen LogP contribution in [0.25, 0.3) is 0 Å². The topological polar surface area (TPSA) is 61.2 Å². The summed E-state index contributed by atoms with van der Waals surface area (Å²) >= 11 is 0. The van der Waals surface area contributed by atoms with E-state index in [0.717, 1.165) is 10.4 Å². The number of benzene rings is 1. The third-order valence-corrected chi connectivity index (χ3v) is 4.46. The van der Waals surface area contributed by atoms with Crippen molar-refractivity contribution in [3.05, 3.63) is 29.3 Å². The zero-order valence-electron chi connectivity index (χ0n) is 10.9. The van der Waals surface area contributed by atoms with Crippen molar-refractivity contribution in [1.82, 2.24) is 4.31 Å². The van der Waals surface area contributed by atoms with Gasteiger partial charge in [0.1, 0.15) is 0 Å². The van der Waals surface area contributed by atoms with E-state index >= 15 is 0 Å². The Bertz CT molecular complexity index is 633. The first-order valence-electron chi connectivity index (χ1n) is 5.61. The molecular formula is C12H13F3N2O2S. The van der Waals surface area contributed by atoms with E-state index in [-0.39, 0.29) is 18.5 Å². The Hall–Kier alpha value is -1.59. The average Bonchev–Trinajstić information content (AvgIpc) is 2.33. The molecule has 0 aromatic heterocycles. The molecule has 4 nitrogen and oxygen atoms in total. The smallest absolute Gasteiger partial charge is 0.207 e. The SMILES string of the molecule is Cc1cc(C(F)(F)F)cc(S(=O)(=O)N(C)CCC#N)c1. The molecule has 0 saturated heterocycles. The Morgan fingerprint density at radius 2 is 1.90 bits per heavy atom. The van der Waals surface area contributed by atoms with Gasteiger partial charge >= 0.3 is 6.18 Å². The molecule has 1 aromatic carbocycles. The highest BCUT2D eigenvalue weighted by molar-refractivity contribution is 7.89. The van der Waals surface area contributed by atoms with E-state index in [9.17, 15) is 21.6 Å². The van der Waals surface area contributed by atoms with Gasteiger partial charge in [-0.3, -0.25) is 0 Å². The lowest BCUT2D eigenvalue weighted by molar-refractivity contribution is -0.137. The zero-order valence-corrected chi connectivity index (χ0v) is 11.7. The van der Waals surface area contributed by atoms with Gasteiger partial charge in [0, 0.05) is 20.0 Å². The number of halogens is 3. The van der Waals surface area contributed by atoms with E-state index in [1.807, 2.05) is 0 Å². The molecule has 0 aliphatic carbocycles. The molecule has 20 heavy (non-hydrogen) atoms. The van der Waals surface area contributed by atoms with Gasteiger partial charge < -0.3 is 0 Å². The van der Waals surface area contributed by atoms with Crippen LogP contribution in [0.3, 0.4) is 0 Å². The lowest BCUT2D eigenvalue weighted by atomic mass is 10.1. The second kappa shape index (κ2) is 5.81. The van der Waals surface area contributed by atoms with Crippen molar-refractivity contribution in [2.75, 3.05) is 13.6 Å². The molecule has 0 aliphatic heterocycles. The van der Waals surface area contributed by atoms with Crippen molar-refractivity contribution in [3.63, 3.8) is 0 Å². The molecule has 0 N–H and O–H groups in total. The molecule has 1 rings (SSSR count). The maximum Gasteiger partial charge on any atom is 0.416 e. The number of hydrogen-bond acceptors (Lipinski definition) is 3. The molecule has 0 saturated carbocycles. The molecule has 0 heterocycles. The summed E-state index contributed by atoms with van der Waals surface area (Å²) in [6, 6.07) is 4.44. The largest absolute Gasteiger partial charge is 0.416 e. The molecule has 0 fully saturated rings. The Labute approximate surface area is 115 Å². The first-order valence-corrected chi connectivity index (χ1v) is 7.05. The van der Waals surface area contributed by atoms with Crippen molar-refractivity contribution in [2.24, 2.45) is 0 Å². The van der Waals surface area contributed by atoms with Crippen LogP contribution in [0.15, 0.2) is 23.1 Å². The van der Waals surface area contributed by atoms with Crippen molar-refractivity contribution in [2.45, 2.75) is 24.4 Å². The predicted octanol–water partition coefficient (Wildman–Crippen LogP) is 2.55. The maximum atomic E-state index is 12.7. The van der Waals surface area contributed by atoms with Gasteiger partial charge in [-0.15, -0.1) is 0 Å². The number of rotatable bonds is 4. The number of sulfonamides is 1. The second-order valence-corrected chi connectivity index (χ2v) is 6.31. The van der Waals surface area contributed by atoms with E-state index in [0.29, 0.717) is 6.07 Å². The zero-order chi connectivity index (χ0) is 15.6. The molecule has 0 radical (unpaired) electrons. The van der Waals surface area contributed by atoms with Crippen LogP contribution in [0, 0.1) is 18.3 Å². The number of nitrogens with zero attached hydrogens (tertiary/aromatic N) is 2. The van der Waals surface area contributed by atoms with E-state index in [2.05, 4.69) is 0 Å². The van der Waals surface area contributed by atoms with Crippen molar-refractivity contribution >= 4 is 10.0 Å². The molecule has 0 bridgehead atoms. The predicted molar refractivity (Wildman–Crippen MR) is 66.2 cm³/mol. The standard InChI is InChI=1S/C12H13F3N2O2S/c1-9-6-10(12(13,14)15)8-11(7-9)20(18,19)17(2)5-3-4-16/h6-8H,3,5H2,1-2H3. The van der Waals surface area contributed by atoms with Crippen LogP contribution < -0.4 is 0 Å². The van der Waals surface area contributed by atoms with Gasteiger partial charge in [-0.1, -0.05) is 0 Å². The maximum absolute atomic E-state index is 12.7. The summed E-state index contributed by atoms with van der Waals surface area (Å²) in [6.45, 7) is 1.32. The summed E-state index contributed by atoms with van der Waals surface area (Å²) in [5.74, 6) is 0. The van der Waals surface area contributed by atoms with Crippen LogP contribution >= 0.6 is 0 Å².